The van der Waals surface area contributed by atoms with Gasteiger partial charge in [-0.15, -0.1) is 0 Å². The lowest BCUT2D eigenvalue weighted by atomic mass is 10.2. The summed E-state index contributed by atoms with van der Waals surface area (Å²) in [4.78, 5) is 0. The monoisotopic (exact) mass is 337 g/mol. The number of hydrogen-bond donors (Lipinski definition) is 1. The second-order valence-corrected chi connectivity index (χ2v) is 6.52. The van der Waals surface area contributed by atoms with Crippen LogP contribution < -0.4 is 10.1 Å². The largest absolute Gasteiger partial charge is 0.489 e. The van der Waals surface area contributed by atoms with Gasteiger partial charge in [0, 0.05) is 6.54 Å². The van der Waals surface area contributed by atoms with Gasteiger partial charge in [0.1, 0.15) is 12.4 Å². The van der Waals surface area contributed by atoms with E-state index in [2.05, 4.69) is 31.3 Å². The molecule has 0 bridgehead atoms. The van der Waals surface area contributed by atoms with Gasteiger partial charge in [-0.3, -0.25) is 0 Å². The standard InChI is InChI=1S/C18H21Cl2NO/c1-13(2)10-21-11-14-4-3-5-16(8-14)22-12-15-6-7-17(19)18(20)9-15/h3-9,13,21H,10-12H2,1-2H3. The van der Waals surface area contributed by atoms with Crippen molar-refractivity contribution in [2.45, 2.75) is 27.0 Å². The zero-order chi connectivity index (χ0) is 15.9. The zero-order valence-corrected chi connectivity index (χ0v) is 14.4. The highest BCUT2D eigenvalue weighted by Crippen LogP contribution is 2.23. The summed E-state index contributed by atoms with van der Waals surface area (Å²) in [6.07, 6.45) is 0. The van der Waals surface area contributed by atoms with Crippen molar-refractivity contribution in [2.24, 2.45) is 5.92 Å². The molecule has 0 heterocycles. The van der Waals surface area contributed by atoms with E-state index in [1.165, 1.54) is 5.56 Å². The normalized spacial score (nSPS) is 11.0. The summed E-state index contributed by atoms with van der Waals surface area (Å²) >= 11 is 11.9. The lowest BCUT2D eigenvalue weighted by Gasteiger charge is -2.10. The van der Waals surface area contributed by atoms with Crippen molar-refractivity contribution in [2.75, 3.05) is 6.54 Å². The van der Waals surface area contributed by atoms with Gasteiger partial charge in [0.05, 0.1) is 10.0 Å². The van der Waals surface area contributed by atoms with Crippen LogP contribution in [0.5, 0.6) is 5.75 Å². The molecule has 0 aliphatic heterocycles. The van der Waals surface area contributed by atoms with E-state index in [1.807, 2.05) is 24.3 Å². The number of nitrogens with one attached hydrogen (secondary N) is 1. The molecule has 0 aliphatic rings. The molecule has 0 atom stereocenters. The number of halogens is 2. The van der Waals surface area contributed by atoms with Gasteiger partial charge in [-0.25, -0.2) is 0 Å². The van der Waals surface area contributed by atoms with Crippen molar-refractivity contribution < 1.29 is 4.74 Å². The van der Waals surface area contributed by atoms with E-state index >= 15 is 0 Å². The molecule has 118 valence electrons. The molecular formula is C18H21Cl2NO. The van der Waals surface area contributed by atoms with Crippen LogP contribution in [0.25, 0.3) is 0 Å². The SMILES string of the molecule is CC(C)CNCc1cccc(OCc2ccc(Cl)c(Cl)c2)c1. The Morgan fingerprint density at radius 1 is 1.00 bits per heavy atom. The number of benzene rings is 2. The number of ether oxygens (including phenoxy) is 1. The molecule has 1 N–H and O–H groups in total. The average Bonchev–Trinajstić information content (AvgIpc) is 2.49. The fourth-order valence-electron chi connectivity index (χ4n) is 2.05. The molecule has 2 nitrogen and oxygen atoms in total. The highest BCUT2D eigenvalue weighted by atomic mass is 35.5. The van der Waals surface area contributed by atoms with E-state index in [0.29, 0.717) is 22.6 Å². The van der Waals surface area contributed by atoms with Crippen LogP contribution in [0.15, 0.2) is 42.5 Å². The Hall–Kier alpha value is -1.22. The second-order valence-electron chi connectivity index (χ2n) is 5.71. The van der Waals surface area contributed by atoms with Crippen LogP contribution in [0.4, 0.5) is 0 Å². The fourth-order valence-corrected chi connectivity index (χ4v) is 2.37. The molecule has 2 aromatic carbocycles. The first-order chi connectivity index (χ1) is 10.5. The quantitative estimate of drug-likeness (QED) is 0.738. The third-order valence-electron chi connectivity index (χ3n) is 3.17. The van der Waals surface area contributed by atoms with Gasteiger partial charge < -0.3 is 10.1 Å². The van der Waals surface area contributed by atoms with Crippen LogP contribution in [0.1, 0.15) is 25.0 Å². The Morgan fingerprint density at radius 2 is 1.82 bits per heavy atom. The van der Waals surface area contributed by atoms with E-state index in [-0.39, 0.29) is 0 Å². The highest BCUT2D eigenvalue weighted by molar-refractivity contribution is 6.42. The van der Waals surface area contributed by atoms with E-state index in [4.69, 9.17) is 27.9 Å². The number of hydrogen-bond acceptors (Lipinski definition) is 2. The predicted octanol–water partition coefficient (Wildman–Crippen LogP) is 5.32. The molecule has 0 unspecified atom stereocenters. The van der Waals surface area contributed by atoms with Crippen LogP contribution in [0.2, 0.25) is 10.0 Å². The minimum atomic E-state index is 0.472. The fraction of sp³-hybridized carbons (Fsp3) is 0.333. The average molecular weight is 338 g/mol. The van der Waals surface area contributed by atoms with Crippen LogP contribution in [-0.2, 0) is 13.2 Å². The first kappa shape index (κ1) is 17.1. The predicted molar refractivity (Wildman–Crippen MR) is 93.8 cm³/mol. The van der Waals surface area contributed by atoms with Crippen molar-refractivity contribution in [3.05, 3.63) is 63.6 Å². The number of rotatable bonds is 7. The Balaban J connectivity index is 1.91. The molecule has 0 saturated heterocycles. The Morgan fingerprint density at radius 3 is 2.55 bits per heavy atom. The van der Waals surface area contributed by atoms with Crippen molar-refractivity contribution in [3.63, 3.8) is 0 Å². The van der Waals surface area contributed by atoms with Crippen molar-refractivity contribution in [3.8, 4) is 5.75 Å². The molecule has 0 fully saturated rings. The van der Waals surface area contributed by atoms with Gasteiger partial charge >= 0.3 is 0 Å². The van der Waals surface area contributed by atoms with Crippen molar-refractivity contribution in [1.82, 2.24) is 5.32 Å². The summed E-state index contributed by atoms with van der Waals surface area (Å²) in [5, 5.41) is 4.54. The molecule has 4 heteroatoms. The molecule has 0 aromatic heterocycles. The minimum Gasteiger partial charge on any atom is -0.489 e. The van der Waals surface area contributed by atoms with Gasteiger partial charge in [-0.2, -0.15) is 0 Å². The summed E-state index contributed by atoms with van der Waals surface area (Å²) in [6, 6.07) is 13.7. The maximum atomic E-state index is 6.01. The molecule has 0 radical (unpaired) electrons. The Labute approximate surface area is 142 Å². The second kappa shape index (κ2) is 8.42. The van der Waals surface area contributed by atoms with E-state index in [1.54, 1.807) is 6.07 Å². The van der Waals surface area contributed by atoms with Crippen LogP contribution >= 0.6 is 23.2 Å². The van der Waals surface area contributed by atoms with Crippen molar-refractivity contribution >= 4 is 23.2 Å². The Kier molecular flexibility index (Phi) is 6.56. The van der Waals surface area contributed by atoms with Crippen molar-refractivity contribution in [1.29, 1.82) is 0 Å². The van der Waals surface area contributed by atoms with Crippen LogP contribution in [-0.4, -0.2) is 6.54 Å². The van der Waals surface area contributed by atoms with Crippen LogP contribution in [0, 0.1) is 5.92 Å². The zero-order valence-electron chi connectivity index (χ0n) is 12.9. The smallest absolute Gasteiger partial charge is 0.120 e. The topological polar surface area (TPSA) is 21.3 Å². The molecule has 22 heavy (non-hydrogen) atoms. The Bertz CT molecular complexity index is 614. The van der Waals surface area contributed by atoms with Gasteiger partial charge in [0.15, 0.2) is 0 Å². The maximum Gasteiger partial charge on any atom is 0.120 e. The third kappa shape index (κ3) is 5.53. The lowest BCUT2D eigenvalue weighted by Crippen LogP contribution is -2.18. The molecule has 2 rings (SSSR count). The minimum absolute atomic E-state index is 0.472. The van der Waals surface area contributed by atoms with E-state index in [0.717, 1.165) is 24.4 Å². The third-order valence-corrected chi connectivity index (χ3v) is 3.91. The summed E-state index contributed by atoms with van der Waals surface area (Å²) in [7, 11) is 0. The van der Waals surface area contributed by atoms with Crippen LogP contribution in [0.3, 0.4) is 0 Å². The maximum absolute atomic E-state index is 6.01. The summed E-state index contributed by atoms with van der Waals surface area (Å²) < 4.78 is 5.83. The summed E-state index contributed by atoms with van der Waals surface area (Å²) in [5.74, 6) is 1.50. The van der Waals surface area contributed by atoms with Gasteiger partial charge in [-0.05, 0) is 47.9 Å². The lowest BCUT2D eigenvalue weighted by molar-refractivity contribution is 0.306. The summed E-state index contributed by atoms with van der Waals surface area (Å²) in [6.45, 7) is 6.73. The highest BCUT2D eigenvalue weighted by Gasteiger charge is 2.02. The first-order valence-corrected chi connectivity index (χ1v) is 8.16. The molecule has 0 aliphatic carbocycles. The molecule has 2 aromatic rings. The molecular weight excluding hydrogens is 317 g/mol. The first-order valence-electron chi connectivity index (χ1n) is 7.41. The van der Waals surface area contributed by atoms with E-state index in [9.17, 15) is 0 Å². The molecule has 0 spiro atoms. The van der Waals surface area contributed by atoms with Gasteiger partial charge in [0.2, 0.25) is 0 Å². The van der Waals surface area contributed by atoms with Gasteiger partial charge in [0.25, 0.3) is 0 Å². The van der Waals surface area contributed by atoms with E-state index < -0.39 is 0 Å². The van der Waals surface area contributed by atoms with Gasteiger partial charge in [-0.1, -0.05) is 55.2 Å². The molecule has 0 amide bonds. The molecule has 0 saturated carbocycles. The summed E-state index contributed by atoms with van der Waals surface area (Å²) in [5.41, 5.74) is 2.21.